The second-order valence-corrected chi connectivity index (χ2v) is 9.31. The zero-order valence-corrected chi connectivity index (χ0v) is 21.5. The lowest BCUT2D eigenvalue weighted by molar-refractivity contribution is 0.189. The Balaban J connectivity index is 1.73. The SMILES string of the molecule is CCCn1c(C(C)N(CCc2ccccc2)C(=O)Nc2ccccc2Br)nc2ccccc2c1=O. The lowest BCUT2D eigenvalue weighted by atomic mass is 10.1. The third-order valence-electron chi connectivity index (χ3n) is 6.04. The average Bonchev–Trinajstić information content (AvgIpc) is 2.87. The van der Waals surface area contributed by atoms with Crippen LogP contribution in [0.25, 0.3) is 10.9 Å². The van der Waals surface area contributed by atoms with Crippen LogP contribution in [0.2, 0.25) is 0 Å². The summed E-state index contributed by atoms with van der Waals surface area (Å²) in [6.45, 7) is 4.97. The molecule has 180 valence electrons. The summed E-state index contributed by atoms with van der Waals surface area (Å²) in [5.74, 6) is 0.589. The molecule has 0 saturated heterocycles. The Morgan fingerprint density at radius 1 is 1.03 bits per heavy atom. The predicted molar refractivity (Wildman–Crippen MR) is 145 cm³/mol. The molecule has 0 aliphatic carbocycles. The number of hydrogen-bond acceptors (Lipinski definition) is 3. The molecule has 0 aliphatic rings. The Hall–Kier alpha value is -3.45. The maximum atomic E-state index is 13.6. The Morgan fingerprint density at radius 3 is 2.46 bits per heavy atom. The van der Waals surface area contributed by atoms with E-state index in [-0.39, 0.29) is 11.6 Å². The largest absolute Gasteiger partial charge is 0.322 e. The van der Waals surface area contributed by atoms with Gasteiger partial charge in [-0.2, -0.15) is 0 Å². The van der Waals surface area contributed by atoms with Crippen LogP contribution in [-0.4, -0.2) is 27.0 Å². The highest BCUT2D eigenvalue weighted by atomic mass is 79.9. The monoisotopic (exact) mass is 532 g/mol. The number of hydrogen-bond donors (Lipinski definition) is 1. The number of carbonyl (C=O) groups excluding carboxylic acids is 1. The molecule has 0 spiro atoms. The minimum atomic E-state index is -0.426. The van der Waals surface area contributed by atoms with Crippen LogP contribution in [-0.2, 0) is 13.0 Å². The first-order valence-electron chi connectivity index (χ1n) is 11.8. The summed E-state index contributed by atoms with van der Waals surface area (Å²) in [7, 11) is 0. The summed E-state index contributed by atoms with van der Waals surface area (Å²) in [6, 6.07) is 24.3. The van der Waals surface area contributed by atoms with Gasteiger partial charge in [-0.1, -0.05) is 61.5 Å². The van der Waals surface area contributed by atoms with Crippen molar-refractivity contribution < 1.29 is 4.79 Å². The van der Waals surface area contributed by atoms with Gasteiger partial charge in [-0.15, -0.1) is 0 Å². The molecule has 7 heteroatoms. The topological polar surface area (TPSA) is 67.2 Å². The van der Waals surface area contributed by atoms with Gasteiger partial charge in [0.25, 0.3) is 5.56 Å². The second-order valence-electron chi connectivity index (χ2n) is 8.46. The van der Waals surface area contributed by atoms with E-state index in [1.165, 1.54) is 0 Å². The number of nitrogens with one attached hydrogen (secondary N) is 1. The summed E-state index contributed by atoms with van der Waals surface area (Å²) in [4.78, 5) is 33.6. The Morgan fingerprint density at radius 2 is 1.71 bits per heavy atom. The molecule has 0 radical (unpaired) electrons. The summed E-state index contributed by atoms with van der Waals surface area (Å²) >= 11 is 3.51. The fourth-order valence-corrected chi connectivity index (χ4v) is 4.58. The fraction of sp³-hybridized carbons (Fsp3) is 0.250. The molecular weight excluding hydrogens is 504 g/mol. The highest BCUT2D eigenvalue weighted by Gasteiger charge is 2.26. The second kappa shape index (κ2) is 11.3. The van der Waals surface area contributed by atoms with Gasteiger partial charge < -0.3 is 10.2 Å². The molecule has 1 unspecified atom stereocenters. The number of benzene rings is 3. The molecule has 3 aromatic carbocycles. The fourth-order valence-electron chi connectivity index (χ4n) is 4.20. The van der Waals surface area contributed by atoms with Gasteiger partial charge in [0, 0.05) is 17.6 Å². The van der Waals surface area contributed by atoms with Crippen molar-refractivity contribution in [2.24, 2.45) is 0 Å². The molecule has 1 atom stereocenters. The van der Waals surface area contributed by atoms with E-state index in [4.69, 9.17) is 4.98 Å². The quantitative estimate of drug-likeness (QED) is 0.285. The summed E-state index contributed by atoms with van der Waals surface area (Å²) < 4.78 is 2.52. The van der Waals surface area contributed by atoms with Crippen molar-refractivity contribution in [1.82, 2.24) is 14.5 Å². The molecular formula is C28H29BrN4O2. The smallest absolute Gasteiger partial charge is 0.314 e. The van der Waals surface area contributed by atoms with Gasteiger partial charge in [-0.25, -0.2) is 9.78 Å². The molecule has 1 heterocycles. The van der Waals surface area contributed by atoms with E-state index in [1.54, 1.807) is 15.5 Å². The Labute approximate surface area is 213 Å². The van der Waals surface area contributed by atoms with E-state index in [9.17, 15) is 9.59 Å². The van der Waals surface area contributed by atoms with Gasteiger partial charge in [0.1, 0.15) is 5.82 Å². The van der Waals surface area contributed by atoms with Crippen molar-refractivity contribution >= 4 is 38.6 Å². The van der Waals surface area contributed by atoms with Gasteiger partial charge in [0.15, 0.2) is 0 Å². The Kier molecular flexibility index (Phi) is 7.98. The zero-order chi connectivity index (χ0) is 24.8. The van der Waals surface area contributed by atoms with Gasteiger partial charge in [-0.3, -0.25) is 9.36 Å². The lowest BCUT2D eigenvalue weighted by Gasteiger charge is -2.31. The van der Waals surface area contributed by atoms with Crippen LogP contribution in [0.1, 0.15) is 37.7 Å². The number of aromatic nitrogens is 2. The first kappa shape index (κ1) is 24.7. The van der Waals surface area contributed by atoms with Crippen molar-refractivity contribution in [2.75, 3.05) is 11.9 Å². The molecule has 0 saturated carbocycles. The minimum Gasteiger partial charge on any atom is -0.314 e. The van der Waals surface area contributed by atoms with Crippen molar-refractivity contribution in [3.05, 3.63) is 105 Å². The molecule has 4 aromatic rings. The average molecular weight is 533 g/mol. The predicted octanol–water partition coefficient (Wildman–Crippen LogP) is 6.41. The Bertz CT molecular complexity index is 1370. The minimum absolute atomic E-state index is 0.0754. The standard InChI is InChI=1S/C28H29BrN4O2/c1-3-18-33-26(30-24-15-9-7-13-22(24)27(33)34)20(2)32(19-17-21-11-5-4-6-12-21)28(35)31-25-16-10-8-14-23(25)29/h4-16,20H,3,17-19H2,1-2H3,(H,31,35). The maximum absolute atomic E-state index is 13.6. The van der Waals surface area contributed by atoms with E-state index >= 15 is 0 Å². The molecule has 35 heavy (non-hydrogen) atoms. The third-order valence-corrected chi connectivity index (χ3v) is 6.73. The highest BCUT2D eigenvalue weighted by Crippen LogP contribution is 2.25. The van der Waals surface area contributed by atoms with E-state index < -0.39 is 6.04 Å². The van der Waals surface area contributed by atoms with Crippen molar-refractivity contribution in [3.63, 3.8) is 0 Å². The first-order valence-corrected chi connectivity index (χ1v) is 12.6. The molecule has 1 aromatic heterocycles. The molecule has 0 aliphatic heterocycles. The first-order chi connectivity index (χ1) is 17.0. The number of urea groups is 1. The summed E-state index contributed by atoms with van der Waals surface area (Å²) in [5, 5.41) is 3.61. The van der Waals surface area contributed by atoms with Crippen LogP contribution >= 0.6 is 15.9 Å². The molecule has 0 bridgehead atoms. The number of nitrogens with zero attached hydrogens (tertiary/aromatic N) is 3. The van der Waals surface area contributed by atoms with Gasteiger partial charge in [0.05, 0.1) is 22.6 Å². The van der Waals surface area contributed by atoms with Gasteiger partial charge in [0.2, 0.25) is 0 Å². The number of amides is 2. The van der Waals surface area contributed by atoms with Crippen molar-refractivity contribution in [3.8, 4) is 0 Å². The maximum Gasteiger partial charge on any atom is 0.322 e. The van der Waals surface area contributed by atoms with Crippen LogP contribution in [0.15, 0.2) is 88.1 Å². The van der Waals surface area contributed by atoms with Crippen LogP contribution < -0.4 is 10.9 Å². The van der Waals surface area contributed by atoms with Crippen LogP contribution in [0.5, 0.6) is 0 Å². The van der Waals surface area contributed by atoms with Crippen LogP contribution in [0.3, 0.4) is 0 Å². The van der Waals surface area contributed by atoms with Crippen LogP contribution in [0, 0.1) is 0 Å². The molecule has 4 rings (SSSR count). The van der Waals surface area contributed by atoms with E-state index in [0.717, 1.165) is 16.5 Å². The third kappa shape index (κ3) is 5.62. The number of para-hydroxylation sites is 2. The highest BCUT2D eigenvalue weighted by molar-refractivity contribution is 9.10. The van der Waals surface area contributed by atoms with E-state index in [1.807, 2.05) is 74.5 Å². The summed E-state index contributed by atoms with van der Waals surface area (Å²) in [6.07, 6.45) is 1.47. The van der Waals surface area contributed by atoms with Crippen molar-refractivity contribution in [1.29, 1.82) is 0 Å². The lowest BCUT2D eigenvalue weighted by Crippen LogP contribution is -2.41. The number of fused-ring (bicyclic) bond motifs is 1. The zero-order valence-electron chi connectivity index (χ0n) is 19.9. The molecule has 6 nitrogen and oxygen atoms in total. The van der Waals surface area contributed by atoms with Crippen molar-refractivity contribution in [2.45, 2.75) is 39.3 Å². The molecule has 0 fully saturated rings. The summed E-state index contributed by atoms with van der Waals surface area (Å²) in [5.41, 5.74) is 2.39. The van der Waals surface area contributed by atoms with Gasteiger partial charge >= 0.3 is 6.03 Å². The number of anilines is 1. The van der Waals surface area contributed by atoms with E-state index in [2.05, 4.69) is 33.4 Å². The normalized spacial score (nSPS) is 11.9. The van der Waals surface area contributed by atoms with Gasteiger partial charge in [-0.05, 0) is 65.5 Å². The van der Waals surface area contributed by atoms with Crippen LogP contribution in [0.4, 0.5) is 10.5 Å². The van der Waals surface area contributed by atoms with E-state index in [0.29, 0.717) is 41.9 Å². The number of halogens is 1. The number of rotatable bonds is 8. The molecule has 2 amide bonds. The number of carbonyl (C=O) groups is 1. The molecule has 1 N–H and O–H groups in total.